The maximum atomic E-state index is 12.3. The van der Waals surface area contributed by atoms with Crippen molar-refractivity contribution in [1.82, 2.24) is 9.99 Å². The number of ether oxygens (including phenoxy) is 1. The second kappa shape index (κ2) is 9.17. The number of nitrogens with zero attached hydrogens (tertiary/aromatic N) is 3. The van der Waals surface area contributed by atoms with Crippen LogP contribution in [0.4, 0.5) is 0 Å². The number of rotatable bonds is 7. The molecule has 1 aliphatic rings. The Kier molecular flexibility index (Phi) is 5.98. The van der Waals surface area contributed by atoms with Gasteiger partial charge in [0, 0.05) is 18.4 Å². The molecule has 0 fully saturated rings. The van der Waals surface area contributed by atoms with Gasteiger partial charge in [-0.3, -0.25) is 9.59 Å². The van der Waals surface area contributed by atoms with Gasteiger partial charge in [-0.15, -0.1) is 0 Å². The van der Waals surface area contributed by atoms with Crippen molar-refractivity contribution in [3.8, 4) is 11.3 Å². The molecule has 1 aliphatic heterocycles. The number of amides is 1. The molecule has 4 rings (SSSR count). The third-order valence-corrected chi connectivity index (χ3v) is 4.71. The fourth-order valence-corrected chi connectivity index (χ4v) is 3.14. The number of carbonyl (C=O) groups is 2. The standard InChI is InChI=1S/C23H21N3O4/c27-22(26-14-13-19(25-26)17-7-3-1-4-8-17)11-12-23(28)29-16-21-24-15-20(30-21)18-9-5-2-6-10-18/h1-10,15H,11-14,16H2. The summed E-state index contributed by atoms with van der Waals surface area (Å²) < 4.78 is 10.8. The first-order chi connectivity index (χ1) is 14.7. The molecule has 0 radical (unpaired) electrons. The second-order valence-electron chi connectivity index (χ2n) is 6.82. The summed E-state index contributed by atoms with van der Waals surface area (Å²) >= 11 is 0. The van der Waals surface area contributed by atoms with E-state index in [9.17, 15) is 9.59 Å². The lowest BCUT2D eigenvalue weighted by Gasteiger charge is -2.10. The molecular weight excluding hydrogens is 382 g/mol. The molecule has 0 saturated carbocycles. The maximum absolute atomic E-state index is 12.3. The maximum Gasteiger partial charge on any atom is 0.306 e. The molecule has 0 spiro atoms. The van der Waals surface area contributed by atoms with Gasteiger partial charge in [0.05, 0.1) is 24.9 Å². The lowest BCUT2D eigenvalue weighted by molar-refractivity contribution is -0.147. The molecule has 0 saturated heterocycles. The smallest absolute Gasteiger partial charge is 0.306 e. The number of hydrazone groups is 1. The predicted molar refractivity (Wildman–Crippen MR) is 110 cm³/mol. The molecule has 7 nitrogen and oxygen atoms in total. The van der Waals surface area contributed by atoms with Crippen LogP contribution in [0.2, 0.25) is 0 Å². The van der Waals surface area contributed by atoms with Gasteiger partial charge in [-0.1, -0.05) is 60.7 Å². The van der Waals surface area contributed by atoms with Crippen molar-refractivity contribution in [3.05, 3.63) is 78.3 Å². The summed E-state index contributed by atoms with van der Waals surface area (Å²) in [5, 5.41) is 5.81. The lowest BCUT2D eigenvalue weighted by Crippen LogP contribution is -2.24. The molecule has 1 amide bonds. The summed E-state index contributed by atoms with van der Waals surface area (Å²) in [6.45, 7) is 0.455. The molecule has 0 unspecified atom stereocenters. The third kappa shape index (κ3) is 4.81. The summed E-state index contributed by atoms with van der Waals surface area (Å²) in [6, 6.07) is 19.3. The van der Waals surface area contributed by atoms with Gasteiger partial charge in [0.2, 0.25) is 11.8 Å². The van der Waals surface area contributed by atoms with Crippen LogP contribution in [0.25, 0.3) is 11.3 Å². The average molecular weight is 403 g/mol. The van der Waals surface area contributed by atoms with E-state index < -0.39 is 5.97 Å². The van der Waals surface area contributed by atoms with Crippen LogP contribution in [0.5, 0.6) is 0 Å². The van der Waals surface area contributed by atoms with Gasteiger partial charge in [0.15, 0.2) is 12.4 Å². The molecule has 1 aromatic heterocycles. The summed E-state index contributed by atoms with van der Waals surface area (Å²) in [4.78, 5) is 28.5. The number of hydrogen-bond donors (Lipinski definition) is 0. The molecular formula is C23H21N3O4. The molecule has 0 atom stereocenters. The van der Waals surface area contributed by atoms with Gasteiger partial charge in [-0.2, -0.15) is 5.10 Å². The van der Waals surface area contributed by atoms with Gasteiger partial charge in [-0.05, 0) is 5.56 Å². The summed E-state index contributed by atoms with van der Waals surface area (Å²) in [5.41, 5.74) is 2.78. The molecule has 30 heavy (non-hydrogen) atoms. The van der Waals surface area contributed by atoms with Gasteiger partial charge >= 0.3 is 5.97 Å². The number of esters is 1. The third-order valence-electron chi connectivity index (χ3n) is 4.71. The second-order valence-corrected chi connectivity index (χ2v) is 6.82. The fraction of sp³-hybridized carbons (Fsp3) is 0.217. The van der Waals surface area contributed by atoms with Crippen molar-refractivity contribution in [2.45, 2.75) is 25.9 Å². The first kappa shape index (κ1) is 19.6. The Morgan fingerprint density at radius 3 is 2.40 bits per heavy atom. The first-order valence-electron chi connectivity index (χ1n) is 9.78. The van der Waals surface area contributed by atoms with E-state index in [1.165, 1.54) is 5.01 Å². The molecule has 2 heterocycles. The zero-order valence-corrected chi connectivity index (χ0v) is 16.4. The van der Waals surface area contributed by atoms with E-state index in [1.54, 1.807) is 6.20 Å². The van der Waals surface area contributed by atoms with E-state index in [0.29, 0.717) is 24.6 Å². The number of hydrogen-bond acceptors (Lipinski definition) is 6. The van der Waals surface area contributed by atoms with Crippen molar-refractivity contribution in [2.24, 2.45) is 5.10 Å². The van der Waals surface area contributed by atoms with Crippen LogP contribution in [-0.4, -0.2) is 34.1 Å². The SMILES string of the molecule is O=C(CCC(=O)N1CCC(c2ccccc2)=N1)OCc1ncc(-c2ccccc2)o1. The molecule has 152 valence electrons. The highest BCUT2D eigenvalue weighted by Crippen LogP contribution is 2.20. The molecule has 7 heteroatoms. The van der Waals surface area contributed by atoms with Crippen LogP contribution < -0.4 is 0 Å². The van der Waals surface area contributed by atoms with E-state index in [1.807, 2.05) is 60.7 Å². The van der Waals surface area contributed by atoms with Crippen LogP contribution in [-0.2, 0) is 20.9 Å². The molecule has 2 aromatic carbocycles. The highest BCUT2D eigenvalue weighted by Gasteiger charge is 2.22. The Labute approximate surface area is 174 Å². The Morgan fingerprint density at radius 2 is 1.67 bits per heavy atom. The quantitative estimate of drug-likeness (QED) is 0.560. The van der Waals surface area contributed by atoms with E-state index in [-0.39, 0.29) is 25.4 Å². The Balaban J connectivity index is 1.23. The largest absolute Gasteiger partial charge is 0.456 e. The monoisotopic (exact) mass is 403 g/mol. The highest BCUT2D eigenvalue weighted by atomic mass is 16.5. The van der Waals surface area contributed by atoms with Crippen LogP contribution in [0.15, 0.2) is 76.4 Å². The van der Waals surface area contributed by atoms with Crippen LogP contribution in [0, 0.1) is 0 Å². The number of aromatic nitrogens is 1. The molecule has 3 aromatic rings. The minimum absolute atomic E-state index is 0.0161. The molecule has 0 N–H and O–H groups in total. The van der Waals surface area contributed by atoms with Crippen molar-refractivity contribution in [1.29, 1.82) is 0 Å². The van der Waals surface area contributed by atoms with Crippen molar-refractivity contribution in [2.75, 3.05) is 6.54 Å². The predicted octanol–water partition coefficient (Wildman–Crippen LogP) is 3.80. The van der Waals surface area contributed by atoms with Crippen molar-refractivity contribution >= 4 is 17.6 Å². The van der Waals surface area contributed by atoms with E-state index in [4.69, 9.17) is 9.15 Å². The zero-order valence-electron chi connectivity index (χ0n) is 16.4. The van der Waals surface area contributed by atoms with E-state index >= 15 is 0 Å². The summed E-state index contributed by atoms with van der Waals surface area (Å²) in [6.07, 6.45) is 2.33. The van der Waals surface area contributed by atoms with Gasteiger partial charge in [-0.25, -0.2) is 9.99 Å². The van der Waals surface area contributed by atoms with E-state index in [0.717, 1.165) is 16.8 Å². The van der Waals surface area contributed by atoms with E-state index in [2.05, 4.69) is 10.1 Å². The fourth-order valence-electron chi connectivity index (χ4n) is 3.14. The highest BCUT2D eigenvalue weighted by molar-refractivity contribution is 6.02. The lowest BCUT2D eigenvalue weighted by atomic mass is 10.1. The van der Waals surface area contributed by atoms with Crippen LogP contribution >= 0.6 is 0 Å². The zero-order chi connectivity index (χ0) is 20.8. The molecule has 0 aliphatic carbocycles. The summed E-state index contributed by atoms with van der Waals surface area (Å²) in [7, 11) is 0. The minimum atomic E-state index is -0.478. The molecule has 0 bridgehead atoms. The Hall–Kier alpha value is -3.74. The van der Waals surface area contributed by atoms with Crippen LogP contribution in [0.3, 0.4) is 0 Å². The normalized spacial score (nSPS) is 13.2. The number of oxazole rings is 1. The minimum Gasteiger partial charge on any atom is -0.456 e. The topological polar surface area (TPSA) is 85.0 Å². The van der Waals surface area contributed by atoms with Crippen molar-refractivity contribution < 1.29 is 18.7 Å². The van der Waals surface area contributed by atoms with Gasteiger partial charge < -0.3 is 9.15 Å². The number of carbonyl (C=O) groups excluding carboxylic acids is 2. The van der Waals surface area contributed by atoms with Crippen molar-refractivity contribution in [3.63, 3.8) is 0 Å². The van der Waals surface area contributed by atoms with Gasteiger partial charge in [0.25, 0.3) is 0 Å². The Bertz CT molecular complexity index is 1040. The first-order valence-corrected chi connectivity index (χ1v) is 9.78. The van der Waals surface area contributed by atoms with Crippen LogP contribution in [0.1, 0.15) is 30.7 Å². The summed E-state index contributed by atoms with van der Waals surface area (Å²) in [5.74, 6) is 0.248. The number of benzene rings is 2. The Morgan fingerprint density at radius 1 is 0.967 bits per heavy atom. The van der Waals surface area contributed by atoms with Gasteiger partial charge in [0.1, 0.15) is 0 Å². The average Bonchev–Trinajstić information content (AvgIpc) is 3.47.